The lowest BCUT2D eigenvalue weighted by Gasteiger charge is -2.09. The molecule has 104 valence electrons. The first-order valence-electron chi connectivity index (χ1n) is 5.44. The van der Waals surface area contributed by atoms with Gasteiger partial charge in [-0.2, -0.15) is 0 Å². The van der Waals surface area contributed by atoms with Gasteiger partial charge in [-0.15, -0.1) is 0 Å². The van der Waals surface area contributed by atoms with E-state index in [9.17, 15) is 13.2 Å². The van der Waals surface area contributed by atoms with E-state index in [1.165, 1.54) is 12.1 Å². The standard InChI is InChI=1S/C11H10BrCl2NO3S/c1-5-2-9(5)15-11(16)7-3-6(19(14,17)18)4-8(12)10(7)13/h3-5,9H,2H2,1H3,(H,15,16). The van der Waals surface area contributed by atoms with Gasteiger partial charge in [-0.25, -0.2) is 8.42 Å². The summed E-state index contributed by atoms with van der Waals surface area (Å²) in [6.07, 6.45) is 0.915. The van der Waals surface area contributed by atoms with Crippen LogP contribution in [0.2, 0.25) is 5.02 Å². The molecule has 0 heterocycles. The fraction of sp³-hybridized carbons (Fsp3) is 0.364. The molecule has 1 N–H and O–H groups in total. The zero-order valence-electron chi connectivity index (χ0n) is 9.78. The highest BCUT2D eigenvalue weighted by atomic mass is 79.9. The zero-order chi connectivity index (χ0) is 14.4. The molecule has 19 heavy (non-hydrogen) atoms. The summed E-state index contributed by atoms with van der Waals surface area (Å²) < 4.78 is 23.0. The molecule has 0 saturated heterocycles. The van der Waals surface area contributed by atoms with E-state index >= 15 is 0 Å². The lowest BCUT2D eigenvalue weighted by Crippen LogP contribution is -2.27. The van der Waals surface area contributed by atoms with Crippen LogP contribution in [0.15, 0.2) is 21.5 Å². The Balaban J connectivity index is 2.38. The van der Waals surface area contributed by atoms with Crippen LogP contribution in [-0.2, 0) is 9.05 Å². The minimum Gasteiger partial charge on any atom is -0.349 e. The summed E-state index contributed by atoms with van der Waals surface area (Å²) in [7, 11) is 1.36. The highest BCUT2D eigenvalue weighted by molar-refractivity contribution is 9.10. The van der Waals surface area contributed by atoms with Crippen LogP contribution in [0.4, 0.5) is 0 Å². The average molecular weight is 387 g/mol. The van der Waals surface area contributed by atoms with Crippen LogP contribution in [-0.4, -0.2) is 20.4 Å². The molecule has 2 unspecified atom stereocenters. The average Bonchev–Trinajstić information content (AvgIpc) is 2.96. The summed E-state index contributed by atoms with van der Waals surface area (Å²) in [5.41, 5.74) is 0.0920. The first-order valence-corrected chi connectivity index (χ1v) is 8.92. The maximum Gasteiger partial charge on any atom is 0.261 e. The number of rotatable bonds is 3. The van der Waals surface area contributed by atoms with Crippen LogP contribution in [0.1, 0.15) is 23.7 Å². The fourth-order valence-corrected chi connectivity index (χ4v) is 3.23. The molecule has 8 heteroatoms. The van der Waals surface area contributed by atoms with Crippen LogP contribution in [0.3, 0.4) is 0 Å². The smallest absolute Gasteiger partial charge is 0.261 e. The zero-order valence-corrected chi connectivity index (χ0v) is 13.7. The van der Waals surface area contributed by atoms with E-state index in [-0.39, 0.29) is 21.5 Å². The third-order valence-corrected chi connectivity index (χ3v) is 5.55. The van der Waals surface area contributed by atoms with Gasteiger partial charge in [0.25, 0.3) is 15.0 Å². The number of benzene rings is 1. The van der Waals surface area contributed by atoms with E-state index in [1.54, 1.807) is 0 Å². The van der Waals surface area contributed by atoms with Gasteiger partial charge in [0.15, 0.2) is 0 Å². The number of amides is 1. The molecule has 1 aromatic rings. The first kappa shape index (κ1) is 15.1. The Bertz CT molecular complexity index is 648. The molecule has 1 amide bonds. The van der Waals surface area contributed by atoms with Crippen molar-refractivity contribution < 1.29 is 13.2 Å². The van der Waals surface area contributed by atoms with E-state index < -0.39 is 15.0 Å². The van der Waals surface area contributed by atoms with Crippen molar-refractivity contribution in [3.63, 3.8) is 0 Å². The van der Waals surface area contributed by atoms with Crippen molar-refractivity contribution in [3.05, 3.63) is 27.2 Å². The Morgan fingerprint density at radius 1 is 1.47 bits per heavy atom. The molecule has 1 aliphatic carbocycles. The molecule has 0 aliphatic heterocycles. The van der Waals surface area contributed by atoms with Gasteiger partial charge in [0, 0.05) is 21.2 Å². The SMILES string of the molecule is CC1CC1NC(=O)c1cc(S(=O)(=O)Cl)cc(Br)c1Cl. The van der Waals surface area contributed by atoms with Crippen LogP contribution < -0.4 is 5.32 Å². The van der Waals surface area contributed by atoms with Crippen molar-refractivity contribution in [3.8, 4) is 0 Å². The summed E-state index contributed by atoms with van der Waals surface area (Å²) in [5.74, 6) is 0.0355. The van der Waals surface area contributed by atoms with Gasteiger partial charge in [0.1, 0.15) is 0 Å². The second-order valence-corrected chi connectivity index (χ2v) is 8.30. The predicted octanol–water partition coefficient (Wildman–Crippen LogP) is 3.17. The van der Waals surface area contributed by atoms with Crippen molar-refractivity contribution in [2.24, 2.45) is 5.92 Å². The van der Waals surface area contributed by atoms with E-state index in [2.05, 4.69) is 21.2 Å². The van der Waals surface area contributed by atoms with Crippen molar-refractivity contribution in [2.45, 2.75) is 24.3 Å². The minimum absolute atomic E-state index is 0.0920. The largest absolute Gasteiger partial charge is 0.349 e. The van der Waals surface area contributed by atoms with E-state index in [4.69, 9.17) is 22.3 Å². The van der Waals surface area contributed by atoms with Gasteiger partial charge in [0.05, 0.1) is 15.5 Å². The molecule has 2 rings (SSSR count). The number of carbonyl (C=O) groups excluding carboxylic acids is 1. The van der Waals surface area contributed by atoms with Crippen molar-refractivity contribution in [1.29, 1.82) is 0 Å². The monoisotopic (exact) mass is 385 g/mol. The number of hydrogen-bond donors (Lipinski definition) is 1. The maximum atomic E-state index is 12.0. The van der Waals surface area contributed by atoms with Gasteiger partial charge < -0.3 is 5.32 Å². The van der Waals surface area contributed by atoms with Crippen LogP contribution in [0.25, 0.3) is 0 Å². The topological polar surface area (TPSA) is 63.2 Å². The van der Waals surface area contributed by atoms with E-state index in [0.717, 1.165) is 6.42 Å². The molecular weight excluding hydrogens is 377 g/mol. The Labute approximate surface area is 129 Å². The Morgan fingerprint density at radius 2 is 2.05 bits per heavy atom. The molecule has 0 radical (unpaired) electrons. The number of halogens is 3. The predicted molar refractivity (Wildman–Crippen MR) is 77.2 cm³/mol. The van der Waals surface area contributed by atoms with Gasteiger partial charge >= 0.3 is 0 Å². The van der Waals surface area contributed by atoms with Gasteiger partial charge in [-0.3, -0.25) is 4.79 Å². The number of carbonyl (C=O) groups is 1. The number of hydrogen-bond acceptors (Lipinski definition) is 3. The van der Waals surface area contributed by atoms with Crippen LogP contribution >= 0.6 is 38.2 Å². The Kier molecular flexibility index (Phi) is 4.16. The normalized spacial score (nSPS) is 22.1. The maximum absolute atomic E-state index is 12.0. The molecular formula is C11H10BrCl2NO3S. The minimum atomic E-state index is -3.92. The summed E-state index contributed by atoms with van der Waals surface area (Å²) in [6, 6.07) is 2.57. The Morgan fingerprint density at radius 3 is 2.53 bits per heavy atom. The van der Waals surface area contributed by atoms with Crippen LogP contribution in [0, 0.1) is 5.92 Å². The summed E-state index contributed by atoms with van der Waals surface area (Å²) in [5, 5.41) is 2.95. The quantitative estimate of drug-likeness (QED) is 0.811. The van der Waals surface area contributed by atoms with E-state index in [0.29, 0.717) is 10.4 Å². The van der Waals surface area contributed by atoms with Gasteiger partial charge in [0.2, 0.25) is 0 Å². The molecule has 0 bridgehead atoms. The Hall–Kier alpha value is -0.300. The summed E-state index contributed by atoms with van der Waals surface area (Å²) in [6.45, 7) is 2.02. The third kappa shape index (κ3) is 3.42. The number of nitrogens with one attached hydrogen (secondary N) is 1. The second-order valence-electron chi connectivity index (χ2n) is 4.50. The molecule has 1 fully saturated rings. The molecule has 1 saturated carbocycles. The van der Waals surface area contributed by atoms with Gasteiger partial charge in [-0.05, 0) is 40.4 Å². The highest BCUT2D eigenvalue weighted by Gasteiger charge is 2.34. The molecule has 4 nitrogen and oxygen atoms in total. The molecule has 2 atom stereocenters. The van der Waals surface area contributed by atoms with Crippen LogP contribution in [0.5, 0.6) is 0 Å². The van der Waals surface area contributed by atoms with Gasteiger partial charge in [-0.1, -0.05) is 18.5 Å². The lowest BCUT2D eigenvalue weighted by molar-refractivity contribution is 0.0949. The highest BCUT2D eigenvalue weighted by Crippen LogP contribution is 2.33. The molecule has 1 aliphatic rings. The van der Waals surface area contributed by atoms with E-state index in [1.807, 2.05) is 6.92 Å². The summed E-state index contributed by atoms with van der Waals surface area (Å²) >= 11 is 9.12. The fourth-order valence-electron chi connectivity index (χ4n) is 1.64. The van der Waals surface area contributed by atoms with Crippen molar-refractivity contribution in [2.75, 3.05) is 0 Å². The molecule has 0 aromatic heterocycles. The second kappa shape index (κ2) is 5.24. The molecule has 1 aromatic carbocycles. The van der Waals surface area contributed by atoms with Crippen molar-refractivity contribution >= 4 is 53.2 Å². The molecule has 0 spiro atoms. The summed E-state index contributed by atoms with van der Waals surface area (Å²) in [4.78, 5) is 11.9. The third-order valence-electron chi connectivity index (χ3n) is 2.95. The lowest BCUT2D eigenvalue weighted by atomic mass is 10.2. The van der Waals surface area contributed by atoms with Crippen molar-refractivity contribution in [1.82, 2.24) is 5.32 Å². The first-order chi connectivity index (χ1) is 8.70.